The van der Waals surface area contributed by atoms with Crippen LogP contribution in [0.4, 0.5) is 11.4 Å². The number of anilines is 2. The van der Waals surface area contributed by atoms with Crippen LogP contribution in [0.5, 0.6) is 0 Å². The molecule has 0 bridgehead atoms. The normalized spacial score (nSPS) is 11.8. The largest absolute Gasteiger partial charge is 0.388 e. The third-order valence-electron chi connectivity index (χ3n) is 2.34. The predicted molar refractivity (Wildman–Crippen MR) is 72.5 cm³/mol. The van der Waals surface area contributed by atoms with Crippen LogP contribution in [0.25, 0.3) is 0 Å². The van der Waals surface area contributed by atoms with Crippen LogP contribution >= 0.6 is 0 Å². The van der Waals surface area contributed by atoms with Crippen molar-refractivity contribution >= 4 is 22.4 Å². The molecule has 1 atom stereocenters. The van der Waals surface area contributed by atoms with E-state index in [2.05, 4.69) is 10.0 Å². The molecule has 0 fully saturated rings. The van der Waals surface area contributed by atoms with E-state index in [1.807, 2.05) is 61.6 Å². The summed E-state index contributed by atoms with van der Waals surface area (Å²) >= 11 is 0. The summed E-state index contributed by atoms with van der Waals surface area (Å²) in [6.07, 6.45) is 0. The Hall–Kier alpha value is -1.81. The summed E-state index contributed by atoms with van der Waals surface area (Å²) in [6, 6.07) is 17.0. The minimum absolute atomic E-state index is 0.757. The van der Waals surface area contributed by atoms with Gasteiger partial charge in [0, 0.05) is 18.4 Å². The summed E-state index contributed by atoms with van der Waals surface area (Å²) < 4.78 is 14.9. The second-order valence-corrected chi connectivity index (χ2v) is 4.72. The molecule has 2 N–H and O–H groups in total. The Labute approximate surface area is 103 Å². The third kappa shape index (κ3) is 3.07. The quantitative estimate of drug-likeness (QED) is 0.871. The number of benzene rings is 2. The molecule has 2 aromatic carbocycles. The van der Waals surface area contributed by atoms with E-state index in [-0.39, 0.29) is 0 Å². The average molecular weight is 246 g/mol. The molecule has 0 aliphatic rings. The van der Waals surface area contributed by atoms with E-state index in [0.29, 0.717) is 0 Å². The van der Waals surface area contributed by atoms with E-state index in [9.17, 15) is 4.21 Å². The lowest BCUT2D eigenvalue weighted by molar-refractivity contribution is 0.686. The lowest BCUT2D eigenvalue weighted by atomic mass is 10.3. The van der Waals surface area contributed by atoms with E-state index < -0.39 is 11.0 Å². The summed E-state index contributed by atoms with van der Waals surface area (Å²) in [6.45, 7) is 0. The lowest BCUT2D eigenvalue weighted by Gasteiger charge is -2.06. The third-order valence-corrected chi connectivity index (χ3v) is 3.46. The van der Waals surface area contributed by atoms with Crippen LogP contribution in [0.2, 0.25) is 0 Å². The van der Waals surface area contributed by atoms with Crippen molar-refractivity contribution in [2.45, 2.75) is 4.90 Å². The second-order valence-electron chi connectivity index (χ2n) is 3.51. The van der Waals surface area contributed by atoms with Gasteiger partial charge in [-0.25, -0.2) is 4.21 Å². The van der Waals surface area contributed by atoms with E-state index in [4.69, 9.17) is 0 Å². The van der Waals surface area contributed by atoms with Crippen molar-refractivity contribution in [3.8, 4) is 0 Å². The van der Waals surface area contributed by atoms with Gasteiger partial charge in [0.25, 0.3) is 0 Å². The van der Waals surface area contributed by atoms with Gasteiger partial charge >= 0.3 is 0 Å². The van der Waals surface area contributed by atoms with Crippen molar-refractivity contribution in [2.75, 3.05) is 17.1 Å². The highest BCUT2D eigenvalue weighted by Crippen LogP contribution is 2.14. The highest BCUT2D eigenvalue weighted by molar-refractivity contribution is 7.86. The molecular weight excluding hydrogens is 232 g/mol. The Balaban J connectivity index is 2.09. The molecule has 0 heterocycles. The van der Waals surface area contributed by atoms with Gasteiger partial charge in [-0.05, 0) is 36.4 Å². The summed E-state index contributed by atoms with van der Waals surface area (Å²) in [5, 5.41) is 3.02. The first-order chi connectivity index (χ1) is 8.29. The van der Waals surface area contributed by atoms with Crippen LogP contribution in [-0.4, -0.2) is 11.3 Å². The molecule has 0 unspecified atom stereocenters. The Bertz CT molecular complexity index is 497. The molecule has 0 amide bonds. The first kappa shape index (κ1) is 11.7. The molecule has 17 heavy (non-hydrogen) atoms. The molecule has 4 heteroatoms. The Morgan fingerprint density at radius 1 is 0.882 bits per heavy atom. The van der Waals surface area contributed by atoms with E-state index in [1.165, 1.54) is 0 Å². The van der Waals surface area contributed by atoms with Gasteiger partial charge in [0.15, 0.2) is 0 Å². The van der Waals surface area contributed by atoms with Crippen LogP contribution in [-0.2, 0) is 11.0 Å². The molecule has 0 aliphatic heterocycles. The summed E-state index contributed by atoms with van der Waals surface area (Å²) in [4.78, 5) is 0.757. The molecular formula is C13H14N2OS. The molecule has 88 valence electrons. The van der Waals surface area contributed by atoms with Crippen LogP contribution < -0.4 is 10.0 Å². The zero-order valence-corrected chi connectivity index (χ0v) is 10.3. The van der Waals surface area contributed by atoms with Crippen LogP contribution in [0, 0.1) is 0 Å². The monoisotopic (exact) mass is 246 g/mol. The van der Waals surface area contributed by atoms with E-state index >= 15 is 0 Å². The van der Waals surface area contributed by atoms with Gasteiger partial charge in [0.2, 0.25) is 0 Å². The van der Waals surface area contributed by atoms with Crippen LogP contribution in [0.1, 0.15) is 0 Å². The van der Waals surface area contributed by atoms with Crippen molar-refractivity contribution in [1.29, 1.82) is 0 Å². The molecule has 0 spiro atoms. The predicted octanol–water partition coefficient (Wildman–Crippen LogP) is 2.86. The van der Waals surface area contributed by atoms with Gasteiger partial charge in [-0.1, -0.05) is 18.2 Å². The maximum absolute atomic E-state index is 12.0. The SMILES string of the molecule is CNc1ccc([S@@](=O)Nc2ccccc2)cc1. The first-order valence-corrected chi connectivity index (χ1v) is 6.46. The second kappa shape index (κ2) is 5.50. The minimum Gasteiger partial charge on any atom is -0.388 e. The molecule has 0 radical (unpaired) electrons. The van der Waals surface area contributed by atoms with Crippen LogP contribution in [0.15, 0.2) is 59.5 Å². The maximum Gasteiger partial charge on any atom is 0.150 e. The topological polar surface area (TPSA) is 41.1 Å². The van der Waals surface area contributed by atoms with Crippen LogP contribution in [0.3, 0.4) is 0 Å². The van der Waals surface area contributed by atoms with E-state index in [1.54, 1.807) is 0 Å². The smallest absolute Gasteiger partial charge is 0.150 e. The van der Waals surface area contributed by atoms with Gasteiger partial charge in [0.05, 0.1) is 4.90 Å². The lowest BCUT2D eigenvalue weighted by Crippen LogP contribution is -2.04. The molecule has 3 nitrogen and oxygen atoms in total. The average Bonchev–Trinajstić information content (AvgIpc) is 2.40. The summed E-state index contributed by atoms with van der Waals surface area (Å²) in [5.74, 6) is 0. The van der Waals surface area contributed by atoms with Crippen molar-refractivity contribution in [3.63, 3.8) is 0 Å². The van der Waals surface area contributed by atoms with Crippen molar-refractivity contribution in [2.24, 2.45) is 0 Å². The van der Waals surface area contributed by atoms with E-state index in [0.717, 1.165) is 16.3 Å². The fraction of sp³-hybridized carbons (Fsp3) is 0.0769. The fourth-order valence-electron chi connectivity index (χ4n) is 1.42. The standard InChI is InChI=1S/C13H14N2OS/c1-14-11-7-9-13(10-8-11)17(16)15-12-5-3-2-4-6-12/h2-10,14-15H,1H3/t17-/m1/s1. The summed E-state index contributed by atoms with van der Waals surface area (Å²) in [7, 11) is 0.633. The number of para-hydroxylation sites is 1. The number of nitrogens with one attached hydrogen (secondary N) is 2. The fourth-order valence-corrected chi connectivity index (χ4v) is 2.27. The number of rotatable bonds is 4. The maximum atomic E-state index is 12.0. The number of hydrogen-bond donors (Lipinski definition) is 2. The van der Waals surface area contributed by atoms with Gasteiger partial charge in [-0.2, -0.15) is 0 Å². The van der Waals surface area contributed by atoms with Gasteiger partial charge in [-0.15, -0.1) is 0 Å². The highest BCUT2D eigenvalue weighted by atomic mass is 32.2. The molecule has 0 saturated heterocycles. The van der Waals surface area contributed by atoms with Crippen molar-refractivity contribution in [3.05, 3.63) is 54.6 Å². The highest BCUT2D eigenvalue weighted by Gasteiger charge is 2.03. The van der Waals surface area contributed by atoms with Gasteiger partial charge in [0.1, 0.15) is 11.0 Å². The number of hydrogen-bond acceptors (Lipinski definition) is 2. The van der Waals surface area contributed by atoms with Gasteiger partial charge < -0.3 is 10.0 Å². The molecule has 0 saturated carbocycles. The summed E-state index contributed by atoms with van der Waals surface area (Å²) in [5.41, 5.74) is 1.86. The minimum atomic E-state index is -1.22. The molecule has 0 aliphatic carbocycles. The first-order valence-electron chi connectivity index (χ1n) is 5.31. The molecule has 0 aromatic heterocycles. The molecule has 2 aromatic rings. The zero-order valence-electron chi connectivity index (χ0n) is 9.51. The Morgan fingerprint density at radius 3 is 2.12 bits per heavy atom. The Kier molecular flexibility index (Phi) is 3.77. The zero-order chi connectivity index (χ0) is 12.1. The van der Waals surface area contributed by atoms with Crippen molar-refractivity contribution < 1.29 is 4.21 Å². The molecule has 2 rings (SSSR count). The van der Waals surface area contributed by atoms with Gasteiger partial charge in [-0.3, -0.25) is 0 Å². The Morgan fingerprint density at radius 2 is 1.53 bits per heavy atom. The van der Waals surface area contributed by atoms with Crippen molar-refractivity contribution in [1.82, 2.24) is 0 Å².